The number of alkyl halides is 4. The molecule has 0 spiro atoms. The summed E-state index contributed by atoms with van der Waals surface area (Å²) in [5.74, 6) is 0. The fraction of sp³-hybridized carbons (Fsp3) is 0.176. The second-order valence-corrected chi connectivity index (χ2v) is 6.34. The van der Waals surface area contributed by atoms with Crippen molar-refractivity contribution in [2.24, 2.45) is 0 Å². The van der Waals surface area contributed by atoms with Crippen LogP contribution in [0.4, 0.5) is 13.2 Å². The zero-order valence-electron chi connectivity index (χ0n) is 11.7. The average molecular weight is 404 g/mol. The van der Waals surface area contributed by atoms with E-state index in [0.717, 1.165) is 12.1 Å². The molecule has 120 valence electrons. The van der Waals surface area contributed by atoms with Crippen molar-refractivity contribution < 1.29 is 18.3 Å². The first-order valence-corrected chi connectivity index (χ1v) is 8.28. The fourth-order valence-electron chi connectivity index (χ4n) is 2.70. The molecule has 0 saturated heterocycles. The van der Waals surface area contributed by atoms with Gasteiger partial charge >= 0.3 is 6.18 Å². The molecular formula is C17H11BrClF3O. The van der Waals surface area contributed by atoms with E-state index < -0.39 is 17.8 Å². The van der Waals surface area contributed by atoms with Crippen LogP contribution >= 0.6 is 27.5 Å². The molecule has 3 rings (SSSR count). The number of aliphatic hydroxyl groups excluding tert-OH is 1. The van der Waals surface area contributed by atoms with Crippen molar-refractivity contribution in [2.45, 2.75) is 12.3 Å². The van der Waals surface area contributed by atoms with Gasteiger partial charge in [0.1, 0.15) is 0 Å². The van der Waals surface area contributed by atoms with E-state index in [1.807, 2.05) is 0 Å². The van der Waals surface area contributed by atoms with Crippen LogP contribution in [0.5, 0.6) is 0 Å². The van der Waals surface area contributed by atoms with Gasteiger partial charge in [0, 0.05) is 10.4 Å². The molecule has 1 N–H and O–H groups in total. The van der Waals surface area contributed by atoms with Gasteiger partial charge in [-0.1, -0.05) is 39.7 Å². The van der Waals surface area contributed by atoms with Crippen LogP contribution in [0.1, 0.15) is 17.2 Å². The highest BCUT2D eigenvalue weighted by Gasteiger charge is 2.31. The Morgan fingerprint density at radius 3 is 2.35 bits per heavy atom. The van der Waals surface area contributed by atoms with Crippen LogP contribution < -0.4 is 0 Å². The van der Waals surface area contributed by atoms with Crippen molar-refractivity contribution >= 4 is 49.1 Å². The minimum atomic E-state index is -4.42. The van der Waals surface area contributed by atoms with E-state index in [2.05, 4.69) is 15.9 Å². The quantitative estimate of drug-likeness (QED) is 0.405. The third-order valence-electron chi connectivity index (χ3n) is 3.78. The molecule has 0 fully saturated rings. The predicted molar refractivity (Wildman–Crippen MR) is 90.2 cm³/mol. The summed E-state index contributed by atoms with van der Waals surface area (Å²) in [6, 6.07) is 10.4. The molecule has 0 aliphatic heterocycles. The maximum absolute atomic E-state index is 13.0. The Hall–Kier alpha value is -1.30. The highest BCUT2D eigenvalue weighted by Crippen LogP contribution is 2.37. The van der Waals surface area contributed by atoms with Crippen LogP contribution in [0.3, 0.4) is 0 Å². The van der Waals surface area contributed by atoms with Gasteiger partial charge in [0.05, 0.1) is 11.7 Å². The van der Waals surface area contributed by atoms with Crippen LogP contribution in [0.2, 0.25) is 5.02 Å². The van der Waals surface area contributed by atoms with Crippen molar-refractivity contribution in [3.05, 3.63) is 58.6 Å². The van der Waals surface area contributed by atoms with Crippen molar-refractivity contribution in [1.82, 2.24) is 0 Å². The molecule has 0 aliphatic rings. The summed E-state index contributed by atoms with van der Waals surface area (Å²) in [6.45, 7) is 0. The zero-order chi connectivity index (χ0) is 16.8. The first-order valence-electron chi connectivity index (χ1n) is 6.78. The number of aliphatic hydroxyl groups is 1. The molecule has 1 atom stereocenters. The van der Waals surface area contributed by atoms with E-state index in [4.69, 9.17) is 11.6 Å². The largest absolute Gasteiger partial charge is 0.416 e. The average Bonchev–Trinajstić information content (AvgIpc) is 2.51. The van der Waals surface area contributed by atoms with Gasteiger partial charge < -0.3 is 5.11 Å². The van der Waals surface area contributed by atoms with Crippen LogP contribution in [-0.2, 0) is 6.18 Å². The SMILES string of the molecule is O[C@@H](CBr)c1cc2cc(Cl)ccc2c2cc(C(F)(F)F)ccc12. The van der Waals surface area contributed by atoms with E-state index in [0.29, 0.717) is 32.1 Å². The molecule has 3 aromatic rings. The van der Waals surface area contributed by atoms with E-state index >= 15 is 0 Å². The maximum atomic E-state index is 13.0. The third-order valence-corrected chi connectivity index (χ3v) is 4.63. The standard InChI is InChI=1S/C17H11BrClF3O/c18-8-16(23)15-6-9-5-11(19)2-4-12(9)14-7-10(17(20,21)22)1-3-13(14)15/h1-7,16,23H,8H2/t16-/m0/s1. The van der Waals surface area contributed by atoms with Crippen LogP contribution in [0.25, 0.3) is 21.5 Å². The monoisotopic (exact) mass is 402 g/mol. The maximum Gasteiger partial charge on any atom is 0.416 e. The first-order chi connectivity index (χ1) is 10.8. The Bertz CT molecular complexity index is 892. The molecule has 0 amide bonds. The Morgan fingerprint density at radius 1 is 1.00 bits per heavy atom. The lowest BCUT2D eigenvalue weighted by Crippen LogP contribution is -2.05. The van der Waals surface area contributed by atoms with Gasteiger partial charge in [0.25, 0.3) is 0 Å². The van der Waals surface area contributed by atoms with Crippen molar-refractivity contribution in [3.8, 4) is 0 Å². The number of fused-ring (bicyclic) bond motifs is 3. The van der Waals surface area contributed by atoms with Gasteiger partial charge in [-0.05, 0) is 57.4 Å². The van der Waals surface area contributed by atoms with Crippen molar-refractivity contribution in [3.63, 3.8) is 0 Å². The highest BCUT2D eigenvalue weighted by molar-refractivity contribution is 9.09. The van der Waals surface area contributed by atoms with E-state index in [1.165, 1.54) is 6.07 Å². The summed E-state index contributed by atoms with van der Waals surface area (Å²) in [6.07, 6.45) is -5.24. The van der Waals surface area contributed by atoms with Gasteiger partial charge in [0.2, 0.25) is 0 Å². The summed E-state index contributed by atoms with van der Waals surface area (Å²) in [4.78, 5) is 0. The fourth-order valence-corrected chi connectivity index (χ4v) is 3.23. The Morgan fingerprint density at radius 2 is 1.70 bits per heavy atom. The molecule has 23 heavy (non-hydrogen) atoms. The van der Waals surface area contributed by atoms with Gasteiger partial charge in [-0.25, -0.2) is 0 Å². The molecule has 0 bridgehead atoms. The minimum absolute atomic E-state index is 0.287. The Labute approximate surface area is 143 Å². The summed E-state index contributed by atoms with van der Waals surface area (Å²) in [5.41, 5.74) is -0.146. The number of benzene rings is 3. The van der Waals surface area contributed by atoms with E-state index in [-0.39, 0.29) is 5.33 Å². The van der Waals surface area contributed by atoms with Gasteiger partial charge in [-0.3, -0.25) is 0 Å². The van der Waals surface area contributed by atoms with Gasteiger partial charge in [-0.2, -0.15) is 13.2 Å². The van der Waals surface area contributed by atoms with Gasteiger partial charge in [-0.15, -0.1) is 0 Å². The summed E-state index contributed by atoms with van der Waals surface area (Å²) in [7, 11) is 0. The molecule has 3 aromatic carbocycles. The molecule has 0 radical (unpaired) electrons. The van der Waals surface area contributed by atoms with Crippen molar-refractivity contribution in [1.29, 1.82) is 0 Å². The molecule has 0 saturated carbocycles. The summed E-state index contributed by atoms with van der Waals surface area (Å²) < 4.78 is 39.1. The number of hydrogen-bond acceptors (Lipinski definition) is 1. The Balaban J connectivity index is 2.43. The normalized spacial score (nSPS) is 13.7. The van der Waals surface area contributed by atoms with Crippen molar-refractivity contribution in [2.75, 3.05) is 5.33 Å². The molecule has 1 nitrogen and oxygen atoms in total. The molecular weight excluding hydrogens is 393 g/mol. The van der Waals surface area contributed by atoms with Crippen LogP contribution in [0.15, 0.2) is 42.5 Å². The smallest absolute Gasteiger partial charge is 0.388 e. The number of hydrogen-bond donors (Lipinski definition) is 1. The molecule has 0 aliphatic carbocycles. The first kappa shape index (κ1) is 16.6. The lowest BCUT2D eigenvalue weighted by molar-refractivity contribution is -0.137. The Kier molecular flexibility index (Phi) is 4.29. The van der Waals surface area contributed by atoms with Crippen LogP contribution in [0, 0.1) is 0 Å². The molecule has 0 aromatic heterocycles. The molecule has 6 heteroatoms. The summed E-state index contributed by atoms with van der Waals surface area (Å²) in [5, 5.41) is 13.4. The predicted octanol–water partition coefficient (Wildman–Crippen LogP) is 6.09. The molecule has 0 heterocycles. The topological polar surface area (TPSA) is 20.2 Å². The highest BCUT2D eigenvalue weighted by atomic mass is 79.9. The lowest BCUT2D eigenvalue weighted by Gasteiger charge is -2.16. The number of rotatable bonds is 2. The second kappa shape index (κ2) is 5.96. The van der Waals surface area contributed by atoms with Gasteiger partial charge in [0.15, 0.2) is 0 Å². The van der Waals surface area contributed by atoms with E-state index in [1.54, 1.807) is 24.3 Å². The van der Waals surface area contributed by atoms with E-state index in [9.17, 15) is 18.3 Å². The van der Waals surface area contributed by atoms with Crippen LogP contribution in [-0.4, -0.2) is 10.4 Å². The number of halogens is 5. The lowest BCUT2D eigenvalue weighted by atomic mass is 9.93. The zero-order valence-corrected chi connectivity index (χ0v) is 14.0. The minimum Gasteiger partial charge on any atom is -0.388 e. The molecule has 0 unspecified atom stereocenters. The summed E-state index contributed by atoms with van der Waals surface area (Å²) >= 11 is 9.19. The second-order valence-electron chi connectivity index (χ2n) is 5.26. The third kappa shape index (κ3) is 3.05.